The highest BCUT2D eigenvalue weighted by Crippen LogP contribution is 2.33. The summed E-state index contributed by atoms with van der Waals surface area (Å²) in [5.41, 5.74) is 6.81. The number of rotatable bonds is 2. The van der Waals surface area contributed by atoms with Gasteiger partial charge < -0.3 is 5.73 Å². The second kappa shape index (κ2) is 4.49. The van der Waals surface area contributed by atoms with Crippen molar-refractivity contribution >= 4 is 34.5 Å². The average Bonchev–Trinajstić information content (AvgIpc) is 2.69. The van der Waals surface area contributed by atoms with Crippen LogP contribution in [0.5, 0.6) is 0 Å². The zero-order valence-corrected chi connectivity index (χ0v) is 9.98. The molecule has 78 valence electrons. The predicted octanol–water partition coefficient (Wildman–Crippen LogP) is 3.50. The normalized spacial score (nSPS) is 12.7. The summed E-state index contributed by atoms with van der Waals surface area (Å²) in [6.45, 7) is 0. The van der Waals surface area contributed by atoms with E-state index in [1.165, 1.54) is 0 Å². The molecule has 2 aromatic rings. The maximum absolute atomic E-state index is 6.08. The lowest BCUT2D eigenvalue weighted by Gasteiger charge is -2.13. The summed E-state index contributed by atoms with van der Waals surface area (Å²) in [4.78, 5) is 4.92. The minimum Gasteiger partial charge on any atom is -0.320 e. The molecule has 0 spiro atoms. The number of thiophene rings is 1. The Morgan fingerprint density at radius 1 is 1.27 bits per heavy atom. The van der Waals surface area contributed by atoms with E-state index in [4.69, 9.17) is 28.9 Å². The van der Waals surface area contributed by atoms with Gasteiger partial charge in [-0.3, -0.25) is 4.98 Å². The smallest absolute Gasteiger partial charge is 0.0676 e. The van der Waals surface area contributed by atoms with Gasteiger partial charge in [0, 0.05) is 22.8 Å². The fraction of sp³-hybridized carbons (Fsp3) is 0.100. The van der Waals surface area contributed by atoms with Gasteiger partial charge in [0.1, 0.15) is 0 Å². The van der Waals surface area contributed by atoms with Gasteiger partial charge in [0.2, 0.25) is 0 Å². The van der Waals surface area contributed by atoms with E-state index in [0.717, 1.165) is 10.4 Å². The van der Waals surface area contributed by atoms with Crippen LogP contribution in [-0.2, 0) is 0 Å². The molecule has 0 aliphatic rings. The van der Waals surface area contributed by atoms with Crippen molar-refractivity contribution in [2.24, 2.45) is 5.73 Å². The van der Waals surface area contributed by atoms with Crippen LogP contribution in [0.1, 0.15) is 16.5 Å². The summed E-state index contributed by atoms with van der Waals surface area (Å²) in [6.07, 6.45) is 3.10. The molecule has 2 heterocycles. The van der Waals surface area contributed by atoms with Crippen LogP contribution in [0.25, 0.3) is 0 Å². The van der Waals surface area contributed by atoms with E-state index in [1.807, 2.05) is 17.5 Å². The van der Waals surface area contributed by atoms with Gasteiger partial charge in [-0.15, -0.1) is 11.3 Å². The maximum Gasteiger partial charge on any atom is 0.0676 e. The lowest BCUT2D eigenvalue weighted by atomic mass is 10.1. The van der Waals surface area contributed by atoms with Crippen molar-refractivity contribution in [2.45, 2.75) is 6.04 Å². The predicted molar refractivity (Wildman–Crippen MR) is 64.6 cm³/mol. The van der Waals surface area contributed by atoms with E-state index in [0.29, 0.717) is 10.0 Å². The highest BCUT2D eigenvalue weighted by atomic mass is 35.5. The first-order valence-electron chi connectivity index (χ1n) is 4.28. The number of pyridine rings is 1. The molecule has 1 atom stereocenters. The summed E-state index contributed by atoms with van der Waals surface area (Å²) in [6, 6.07) is 3.62. The van der Waals surface area contributed by atoms with E-state index in [-0.39, 0.29) is 6.04 Å². The first-order valence-corrected chi connectivity index (χ1v) is 5.91. The van der Waals surface area contributed by atoms with Crippen LogP contribution in [0.2, 0.25) is 10.0 Å². The first-order chi connectivity index (χ1) is 7.20. The summed E-state index contributed by atoms with van der Waals surface area (Å²) in [5, 5.41) is 2.98. The number of hydrogen-bond acceptors (Lipinski definition) is 3. The molecule has 0 saturated carbocycles. The SMILES string of the molecule is N[C@@H](c1cccs1)c1c(Cl)cncc1Cl. The van der Waals surface area contributed by atoms with Gasteiger partial charge in [-0.25, -0.2) is 0 Å². The van der Waals surface area contributed by atoms with Crippen LogP contribution in [0.15, 0.2) is 29.9 Å². The quantitative estimate of drug-likeness (QED) is 0.896. The molecule has 0 fully saturated rings. The van der Waals surface area contributed by atoms with Gasteiger partial charge in [-0.2, -0.15) is 0 Å². The molecule has 2 aromatic heterocycles. The second-order valence-corrected chi connectivity index (χ2v) is 4.80. The third kappa shape index (κ3) is 2.16. The summed E-state index contributed by atoms with van der Waals surface area (Å²) in [7, 11) is 0. The first kappa shape index (κ1) is 10.9. The standard InChI is InChI=1S/C10H8Cl2N2S/c11-6-4-14-5-7(12)9(6)10(13)8-2-1-3-15-8/h1-5,10H,13H2/t10-/m0/s1. The number of nitrogens with zero attached hydrogens (tertiary/aromatic N) is 1. The Hall–Kier alpha value is -0.610. The molecule has 0 saturated heterocycles. The van der Waals surface area contributed by atoms with Gasteiger partial charge in [-0.1, -0.05) is 29.3 Å². The molecular weight excluding hydrogens is 251 g/mol. The van der Waals surface area contributed by atoms with Gasteiger partial charge in [0.05, 0.1) is 16.1 Å². The Bertz CT molecular complexity index is 436. The molecule has 0 amide bonds. The zero-order valence-electron chi connectivity index (χ0n) is 7.65. The number of nitrogens with two attached hydrogens (primary N) is 1. The molecular formula is C10H8Cl2N2S. The van der Waals surface area contributed by atoms with Crippen LogP contribution in [0.3, 0.4) is 0 Å². The lowest BCUT2D eigenvalue weighted by molar-refractivity contribution is 0.890. The minimum absolute atomic E-state index is 0.284. The van der Waals surface area contributed by atoms with Gasteiger partial charge in [0.15, 0.2) is 0 Å². The summed E-state index contributed by atoms with van der Waals surface area (Å²) in [5.74, 6) is 0. The van der Waals surface area contributed by atoms with Crippen molar-refractivity contribution < 1.29 is 0 Å². The van der Waals surface area contributed by atoms with Crippen molar-refractivity contribution in [3.8, 4) is 0 Å². The lowest BCUT2D eigenvalue weighted by Crippen LogP contribution is -2.11. The Labute approximate surface area is 102 Å². The molecule has 15 heavy (non-hydrogen) atoms. The zero-order chi connectivity index (χ0) is 10.8. The highest BCUT2D eigenvalue weighted by molar-refractivity contribution is 7.10. The van der Waals surface area contributed by atoms with Gasteiger partial charge in [-0.05, 0) is 11.4 Å². The molecule has 2 rings (SSSR count). The third-order valence-corrected chi connectivity index (χ3v) is 3.61. The molecule has 0 aliphatic carbocycles. The number of halogens is 2. The van der Waals surface area contributed by atoms with Crippen molar-refractivity contribution in [2.75, 3.05) is 0 Å². The fourth-order valence-electron chi connectivity index (χ4n) is 1.33. The Balaban J connectivity index is 2.46. The third-order valence-electron chi connectivity index (χ3n) is 2.05. The van der Waals surface area contributed by atoms with Crippen LogP contribution >= 0.6 is 34.5 Å². The molecule has 0 aliphatic heterocycles. The van der Waals surface area contributed by atoms with E-state index < -0.39 is 0 Å². The molecule has 5 heteroatoms. The van der Waals surface area contributed by atoms with Crippen LogP contribution in [0, 0.1) is 0 Å². The number of aromatic nitrogens is 1. The monoisotopic (exact) mass is 258 g/mol. The highest BCUT2D eigenvalue weighted by Gasteiger charge is 2.16. The van der Waals surface area contributed by atoms with E-state index >= 15 is 0 Å². The van der Waals surface area contributed by atoms with E-state index in [1.54, 1.807) is 23.7 Å². The largest absolute Gasteiger partial charge is 0.320 e. The van der Waals surface area contributed by atoms with Crippen LogP contribution < -0.4 is 5.73 Å². The molecule has 0 bridgehead atoms. The van der Waals surface area contributed by atoms with Crippen molar-refractivity contribution in [1.29, 1.82) is 0 Å². The molecule has 0 aromatic carbocycles. The maximum atomic E-state index is 6.08. The van der Waals surface area contributed by atoms with Gasteiger partial charge >= 0.3 is 0 Å². The van der Waals surface area contributed by atoms with E-state index in [2.05, 4.69) is 4.98 Å². The van der Waals surface area contributed by atoms with Gasteiger partial charge in [0.25, 0.3) is 0 Å². The minimum atomic E-state index is -0.284. The molecule has 0 radical (unpaired) electrons. The Kier molecular flexibility index (Phi) is 3.26. The average molecular weight is 259 g/mol. The fourth-order valence-corrected chi connectivity index (χ4v) is 2.66. The van der Waals surface area contributed by atoms with Crippen molar-refractivity contribution in [3.63, 3.8) is 0 Å². The summed E-state index contributed by atoms with van der Waals surface area (Å²) >= 11 is 13.6. The Morgan fingerprint density at radius 3 is 2.47 bits per heavy atom. The summed E-state index contributed by atoms with van der Waals surface area (Å²) < 4.78 is 0. The van der Waals surface area contributed by atoms with Crippen LogP contribution in [-0.4, -0.2) is 4.98 Å². The molecule has 0 unspecified atom stereocenters. The van der Waals surface area contributed by atoms with E-state index in [9.17, 15) is 0 Å². The van der Waals surface area contributed by atoms with Crippen LogP contribution in [0.4, 0.5) is 0 Å². The Morgan fingerprint density at radius 2 is 1.93 bits per heavy atom. The molecule has 2 nitrogen and oxygen atoms in total. The topological polar surface area (TPSA) is 38.9 Å². The van der Waals surface area contributed by atoms with Crippen molar-refractivity contribution in [3.05, 3.63) is 50.4 Å². The van der Waals surface area contributed by atoms with Crippen molar-refractivity contribution in [1.82, 2.24) is 4.98 Å². The second-order valence-electron chi connectivity index (χ2n) is 3.01. The molecule has 2 N–H and O–H groups in total. The number of hydrogen-bond donors (Lipinski definition) is 1.